The molecule has 0 bridgehead atoms. The zero-order valence-corrected chi connectivity index (χ0v) is 22.3. The number of carbonyl (C=O) groups excluding carboxylic acids is 3. The molecule has 1 aromatic rings. The minimum Gasteiger partial charge on any atom is -0.508 e. The summed E-state index contributed by atoms with van der Waals surface area (Å²) in [4.78, 5) is 44.2. The van der Waals surface area contributed by atoms with E-state index < -0.39 is 29.9 Å². The molecule has 1 saturated heterocycles. The highest BCUT2D eigenvalue weighted by atomic mass is 16.6. The summed E-state index contributed by atoms with van der Waals surface area (Å²) in [5, 5.41) is 24.7. The second-order valence-corrected chi connectivity index (χ2v) is 9.42. The minimum atomic E-state index is -0.761. The number of phenolic OH excluding ortho intramolecular Hbond substituents is 2. The zero-order chi connectivity index (χ0) is 28.2. The van der Waals surface area contributed by atoms with E-state index in [1.165, 1.54) is 13.2 Å². The molecule has 0 radical (unpaired) electrons. The number of methoxy groups -OCH3 is 1. The average Bonchev–Trinajstić information content (AvgIpc) is 2.90. The number of benzene rings is 1. The molecule has 2 N–H and O–H groups in total. The Morgan fingerprint density at radius 2 is 1.87 bits per heavy atom. The van der Waals surface area contributed by atoms with Crippen LogP contribution >= 0.6 is 0 Å². The first kappa shape index (κ1) is 29.7. The van der Waals surface area contributed by atoms with Gasteiger partial charge in [0, 0.05) is 32.0 Å². The lowest BCUT2D eigenvalue weighted by molar-refractivity contribution is -0.147. The molecule has 1 fully saturated rings. The number of rotatable bonds is 6. The molecule has 3 rings (SSSR count). The van der Waals surface area contributed by atoms with Crippen LogP contribution in [0.4, 0.5) is 0 Å². The van der Waals surface area contributed by atoms with Crippen LogP contribution in [0.15, 0.2) is 41.6 Å². The number of phenols is 2. The molecule has 0 aromatic heterocycles. The van der Waals surface area contributed by atoms with Crippen LogP contribution in [0.5, 0.6) is 11.5 Å². The summed E-state index contributed by atoms with van der Waals surface area (Å²) in [5.41, 5.74) is 0.497. The number of nitrogens with zero attached hydrogens (tertiary/aromatic N) is 2. The fraction of sp³-hybridized carbons (Fsp3) is 0.500. The number of oxime groups is 1. The van der Waals surface area contributed by atoms with Gasteiger partial charge in [-0.15, -0.1) is 0 Å². The molecule has 11 heteroatoms. The van der Waals surface area contributed by atoms with Gasteiger partial charge in [-0.05, 0) is 50.3 Å². The molecule has 0 saturated carbocycles. The first-order chi connectivity index (χ1) is 18.8. The number of allylic oxidation sites excluding steroid dienone is 1. The van der Waals surface area contributed by atoms with Crippen LogP contribution < -0.4 is 0 Å². The lowest BCUT2D eigenvalue weighted by atomic mass is 9.99. The minimum absolute atomic E-state index is 0.0152. The van der Waals surface area contributed by atoms with Gasteiger partial charge < -0.3 is 34.2 Å². The molecule has 2 aliphatic heterocycles. The third kappa shape index (κ3) is 9.43. The highest BCUT2D eigenvalue weighted by Crippen LogP contribution is 2.29. The van der Waals surface area contributed by atoms with Crippen molar-refractivity contribution in [1.29, 1.82) is 0 Å². The topological polar surface area (TPSA) is 144 Å². The van der Waals surface area contributed by atoms with Crippen molar-refractivity contribution in [3.63, 3.8) is 0 Å². The van der Waals surface area contributed by atoms with Crippen molar-refractivity contribution < 1.29 is 43.6 Å². The first-order valence-corrected chi connectivity index (χ1v) is 13.0. The van der Waals surface area contributed by atoms with Crippen LogP contribution in [0.25, 0.3) is 0 Å². The molecule has 1 aromatic carbocycles. The van der Waals surface area contributed by atoms with Crippen molar-refractivity contribution in [3.05, 3.63) is 47.6 Å². The summed E-state index contributed by atoms with van der Waals surface area (Å²) in [7, 11) is 1.27. The Hall–Kier alpha value is -3.86. The number of aromatic hydroxyl groups is 2. The molecule has 2 heterocycles. The van der Waals surface area contributed by atoms with Crippen molar-refractivity contribution in [2.24, 2.45) is 5.16 Å². The van der Waals surface area contributed by atoms with Crippen LogP contribution in [0.1, 0.15) is 54.9 Å². The molecule has 212 valence electrons. The lowest BCUT2D eigenvalue weighted by Crippen LogP contribution is -2.37. The summed E-state index contributed by atoms with van der Waals surface area (Å²) in [5.74, 6) is -2.11. The number of fused-ring (bicyclic) bond motifs is 1. The van der Waals surface area contributed by atoms with Gasteiger partial charge in [-0.1, -0.05) is 23.4 Å². The van der Waals surface area contributed by atoms with Gasteiger partial charge in [-0.3, -0.25) is 4.79 Å². The van der Waals surface area contributed by atoms with Gasteiger partial charge in [0.15, 0.2) is 6.61 Å². The van der Waals surface area contributed by atoms with Crippen molar-refractivity contribution in [2.75, 3.05) is 33.4 Å². The molecular weight excluding hydrogens is 508 g/mol. The molecular formula is C28H36N2O9. The normalized spacial score (nSPS) is 23.2. The smallest absolute Gasteiger partial charge is 0.342 e. The molecule has 2 atom stereocenters. The molecule has 0 spiro atoms. The van der Waals surface area contributed by atoms with Crippen LogP contribution in [-0.2, 0) is 35.1 Å². The standard InChI is InChI=1S/C28H36N2O9/c1-19-8-6-10-23(37-18-26(34)36-2)11-7-9-21(29-38-17-25(33)30-12-4-3-5-13-30)14-20-15-22(31)16-24(32)27(20)28(35)39-19/h6-7,9-10,15-16,19,23,31-32H,3-5,8,11-14,17-18H2,1-2H3/b9-7+,10-6+,29-21?/t19-,23-/m1/s1. The van der Waals surface area contributed by atoms with Gasteiger partial charge in [0.1, 0.15) is 29.8 Å². The van der Waals surface area contributed by atoms with E-state index in [1.54, 1.807) is 36.1 Å². The fourth-order valence-corrected chi connectivity index (χ4v) is 4.25. The van der Waals surface area contributed by atoms with E-state index in [1.807, 2.05) is 0 Å². The summed E-state index contributed by atoms with van der Waals surface area (Å²) in [6.07, 6.45) is 9.65. The van der Waals surface area contributed by atoms with E-state index in [9.17, 15) is 24.6 Å². The maximum Gasteiger partial charge on any atom is 0.342 e. The van der Waals surface area contributed by atoms with Crippen molar-refractivity contribution in [2.45, 2.75) is 57.7 Å². The summed E-state index contributed by atoms with van der Waals surface area (Å²) < 4.78 is 15.8. The Morgan fingerprint density at radius 1 is 1.10 bits per heavy atom. The highest BCUT2D eigenvalue weighted by molar-refractivity contribution is 6.00. The Balaban J connectivity index is 1.87. The molecule has 0 unspecified atom stereocenters. The van der Waals surface area contributed by atoms with Gasteiger partial charge in [0.05, 0.1) is 18.9 Å². The third-order valence-electron chi connectivity index (χ3n) is 6.29. The molecule has 2 aliphatic rings. The number of carbonyl (C=O) groups is 3. The van der Waals surface area contributed by atoms with Crippen LogP contribution in [-0.4, -0.2) is 84.3 Å². The maximum atomic E-state index is 13.0. The third-order valence-corrected chi connectivity index (χ3v) is 6.29. The molecule has 39 heavy (non-hydrogen) atoms. The summed E-state index contributed by atoms with van der Waals surface area (Å²) >= 11 is 0. The van der Waals surface area contributed by atoms with Gasteiger partial charge >= 0.3 is 11.9 Å². The van der Waals surface area contributed by atoms with E-state index >= 15 is 0 Å². The monoisotopic (exact) mass is 544 g/mol. The van der Waals surface area contributed by atoms with Gasteiger partial charge in [-0.25, -0.2) is 9.59 Å². The van der Waals surface area contributed by atoms with Crippen molar-refractivity contribution >= 4 is 23.6 Å². The van der Waals surface area contributed by atoms with Crippen LogP contribution in [0.3, 0.4) is 0 Å². The van der Waals surface area contributed by atoms with E-state index in [0.29, 0.717) is 31.6 Å². The second-order valence-electron chi connectivity index (χ2n) is 9.42. The predicted octanol–water partition coefficient (Wildman–Crippen LogP) is 3.04. The summed E-state index contributed by atoms with van der Waals surface area (Å²) in [6.45, 7) is 2.59. The van der Waals surface area contributed by atoms with E-state index in [-0.39, 0.29) is 42.4 Å². The van der Waals surface area contributed by atoms with Gasteiger partial charge in [-0.2, -0.15) is 0 Å². The van der Waals surface area contributed by atoms with Crippen LogP contribution in [0.2, 0.25) is 0 Å². The van der Waals surface area contributed by atoms with Crippen LogP contribution in [0, 0.1) is 0 Å². The molecule has 1 amide bonds. The number of hydrogen-bond acceptors (Lipinski definition) is 10. The molecule has 0 aliphatic carbocycles. The van der Waals surface area contributed by atoms with E-state index in [0.717, 1.165) is 25.3 Å². The van der Waals surface area contributed by atoms with Gasteiger partial charge in [0.2, 0.25) is 0 Å². The predicted molar refractivity (Wildman–Crippen MR) is 141 cm³/mol. The number of piperidine rings is 1. The van der Waals surface area contributed by atoms with E-state index in [4.69, 9.17) is 14.3 Å². The first-order valence-electron chi connectivity index (χ1n) is 13.0. The van der Waals surface area contributed by atoms with Gasteiger partial charge in [0.25, 0.3) is 5.91 Å². The maximum absolute atomic E-state index is 13.0. The number of esters is 2. The largest absolute Gasteiger partial charge is 0.508 e. The zero-order valence-electron chi connectivity index (χ0n) is 22.3. The Labute approximate surface area is 227 Å². The Kier molecular flexibility index (Phi) is 11.4. The molecule has 11 nitrogen and oxygen atoms in total. The number of amides is 1. The lowest BCUT2D eigenvalue weighted by Gasteiger charge is -2.26. The van der Waals surface area contributed by atoms with Crippen molar-refractivity contribution in [1.82, 2.24) is 4.90 Å². The van der Waals surface area contributed by atoms with E-state index in [2.05, 4.69) is 9.89 Å². The quantitative estimate of drug-likeness (QED) is 0.314. The fourth-order valence-electron chi connectivity index (χ4n) is 4.25. The average molecular weight is 545 g/mol. The number of likely N-dealkylation sites (tertiary alicyclic amines) is 1. The SMILES string of the molecule is COC(=O)CO[C@@H]1/C=C/C[C@@H](C)OC(=O)c2c(O)cc(O)cc2CC(=NOCC(=O)N2CCCCC2)/C=C/C1. The van der Waals surface area contributed by atoms with Crippen molar-refractivity contribution in [3.8, 4) is 11.5 Å². The summed E-state index contributed by atoms with van der Waals surface area (Å²) in [6, 6.07) is 2.41. The number of cyclic esters (lactones) is 1. The Morgan fingerprint density at radius 3 is 2.62 bits per heavy atom. The highest BCUT2D eigenvalue weighted by Gasteiger charge is 2.23. The Bertz CT molecular complexity index is 1110. The number of hydrogen-bond donors (Lipinski definition) is 2. The second kappa shape index (κ2) is 14.9. The number of ether oxygens (including phenoxy) is 3.